The highest BCUT2D eigenvalue weighted by molar-refractivity contribution is 5.84. The Hall–Kier alpha value is -5.69. The van der Waals surface area contributed by atoms with Crippen LogP contribution in [0.4, 0.5) is 4.79 Å². The predicted octanol–water partition coefficient (Wildman–Crippen LogP) is 7.55. The van der Waals surface area contributed by atoms with Gasteiger partial charge in [-0.3, -0.25) is 9.69 Å². The zero-order valence-electron chi connectivity index (χ0n) is 25.0. The van der Waals surface area contributed by atoms with Crippen LogP contribution in [0.1, 0.15) is 46.6 Å². The summed E-state index contributed by atoms with van der Waals surface area (Å²) in [4.78, 5) is 40.9. The van der Waals surface area contributed by atoms with Gasteiger partial charge in [-0.05, 0) is 45.4 Å². The fourth-order valence-electron chi connectivity index (χ4n) is 6.74. The molecule has 0 heterocycles. The van der Waals surface area contributed by atoms with Gasteiger partial charge in [0.15, 0.2) is 0 Å². The SMILES string of the molecule is O=C(O)CCC(C(=O)O)N(C(=O)OCC1c2ccccc2-c2ccccc21)C(c1ccccc1)(c1ccccc1)c1ccccc1. The largest absolute Gasteiger partial charge is 0.481 e. The molecule has 2 N–H and O–H groups in total. The van der Waals surface area contributed by atoms with Crippen LogP contribution in [-0.4, -0.2) is 45.8 Å². The molecule has 1 atom stereocenters. The van der Waals surface area contributed by atoms with Crippen molar-refractivity contribution in [2.45, 2.75) is 30.3 Å². The van der Waals surface area contributed by atoms with E-state index in [-0.39, 0.29) is 18.9 Å². The number of amides is 1. The van der Waals surface area contributed by atoms with Crippen molar-refractivity contribution in [2.24, 2.45) is 0 Å². The molecule has 1 aliphatic carbocycles. The first-order chi connectivity index (χ1) is 22.4. The fourth-order valence-corrected chi connectivity index (χ4v) is 6.74. The van der Waals surface area contributed by atoms with E-state index in [0.717, 1.165) is 22.3 Å². The van der Waals surface area contributed by atoms with E-state index >= 15 is 0 Å². The van der Waals surface area contributed by atoms with Crippen molar-refractivity contribution >= 4 is 18.0 Å². The number of carbonyl (C=O) groups excluding carboxylic acids is 1. The Labute approximate surface area is 267 Å². The number of benzene rings is 5. The van der Waals surface area contributed by atoms with E-state index in [1.54, 1.807) is 0 Å². The summed E-state index contributed by atoms with van der Waals surface area (Å²) in [5.41, 5.74) is 4.55. The third kappa shape index (κ3) is 5.52. The second-order valence-electron chi connectivity index (χ2n) is 11.3. The van der Waals surface area contributed by atoms with Gasteiger partial charge in [-0.2, -0.15) is 0 Å². The van der Waals surface area contributed by atoms with Crippen molar-refractivity contribution in [3.8, 4) is 11.1 Å². The first kappa shape index (κ1) is 30.3. The summed E-state index contributed by atoms with van der Waals surface area (Å²) >= 11 is 0. The number of carboxylic acid groups (broad SMARTS) is 2. The molecule has 1 unspecified atom stereocenters. The van der Waals surface area contributed by atoms with Crippen LogP contribution < -0.4 is 0 Å². The smallest absolute Gasteiger partial charge is 0.411 e. The van der Waals surface area contributed by atoms with Gasteiger partial charge in [-0.1, -0.05) is 140 Å². The van der Waals surface area contributed by atoms with Crippen LogP contribution in [0, 0.1) is 0 Å². The molecule has 0 aliphatic heterocycles. The summed E-state index contributed by atoms with van der Waals surface area (Å²) in [7, 11) is 0. The van der Waals surface area contributed by atoms with Crippen molar-refractivity contribution in [3.63, 3.8) is 0 Å². The normalized spacial score (nSPS) is 12.9. The summed E-state index contributed by atoms with van der Waals surface area (Å²) < 4.78 is 6.19. The lowest BCUT2D eigenvalue weighted by Crippen LogP contribution is -2.58. The Bertz CT molecular complexity index is 1700. The number of hydrogen-bond acceptors (Lipinski definition) is 4. The monoisotopic (exact) mass is 611 g/mol. The highest BCUT2D eigenvalue weighted by Crippen LogP contribution is 2.47. The zero-order valence-corrected chi connectivity index (χ0v) is 25.0. The third-order valence-electron chi connectivity index (χ3n) is 8.70. The van der Waals surface area contributed by atoms with Gasteiger partial charge >= 0.3 is 18.0 Å². The maximum atomic E-state index is 14.8. The molecule has 0 aromatic heterocycles. The topological polar surface area (TPSA) is 104 Å². The first-order valence-electron chi connectivity index (χ1n) is 15.2. The van der Waals surface area contributed by atoms with Gasteiger partial charge in [0.25, 0.3) is 0 Å². The molecular formula is C39H33NO6. The number of rotatable bonds is 11. The Morgan fingerprint density at radius 3 is 1.46 bits per heavy atom. The van der Waals surface area contributed by atoms with Gasteiger partial charge < -0.3 is 14.9 Å². The lowest BCUT2D eigenvalue weighted by molar-refractivity contribution is -0.145. The van der Waals surface area contributed by atoms with E-state index in [4.69, 9.17) is 4.74 Å². The molecule has 0 saturated carbocycles. The molecule has 7 heteroatoms. The number of carboxylic acids is 2. The minimum Gasteiger partial charge on any atom is -0.481 e. The van der Waals surface area contributed by atoms with Gasteiger partial charge in [-0.25, -0.2) is 9.59 Å². The van der Waals surface area contributed by atoms with Crippen molar-refractivity contribution in [3.05, 3.63) is 167 Å². The highest BCUT2D eigenvalue weighted by atomic mass is 16.6. The fraction of sp³-hybridized carbons (Fsp3) is 0.154. The third-order valence-corrected chi connectivity index (χ3v) is 8.70. The molecule has 1 amide bonds. The molecule has 0 saturated heterocycles. The van der Waals surface area contributed by atoms with Gasteiger partial charge in [0.1, 0.15) is 18.2 Å². The summed E-state index contributed by atoms with van der Waals surface area (Å²) in [5.74, 6) is -2.76. The number of ether oxygens (including phenoxy) is 1. The van der Waals surface area contributed by atoms with Gasteiger partial charge in [0, 0.05) is 12.3 Å². The summed E-state index contributed by atoms with van der Waals surface area (Å²) in [6, 6.07) is 42.0. The average molecular weight is 612 g/mol. The maximum Gasteiger partial charge on any atom is 0.411 e. The molecule has 5 aromatic carbocycles. The molecule has 46 heavy (non-hydrogen) atoms. The van der Waals surface area contributed by atoms with Crippen LogP contribution in [0.5, 0.6) is 0 Å². The second kappa shape index (κ2) is 13.1. The van der Waals surface area contributed by atoms with E-state index in [9.17, 15) is 24.6 Å². The average Bonchev–Trinajstić information content (AvgIpc) is 3.41. The van der Waals surface area contributed by atoms with Crippen LogP contribution in [0.3, 0.4) is 0 Å². The Morgan fingerprint density at radius 1 is 0.630 bits per heavy atom. The van der Waals surface area contributed by atoms with Gasteiger partial charge in [0.05, 0.1) is 0 Å². The lowest BCUT2D eigenvalue weighted by atomic mass is 9.74. The van der Waals surface area contributed by atoms with E-state index in [2.05, 4.69) is 0 Å². The molecule has 6 rings (SSSR count). The number of nitrogens with zero attached hydrogens (tertiary/aromatic N) is 1. The Kier molecular flexibility index (Phi) is 8.65. The molecule has 5 aromatic rings. The molecule has 0 fully saturated rings. The number of aliphatic carboxylic acids is 2. The van der Waals surface area contributed by atoms with Crippen LogP contribution in [0.2, 0.25) is 0 Å². The van der Waals surface area contributed by atoms with Crippen molar-refractivity contribution in [2.75, 3.05) is 6.61 Å². The lowest BCUT2D eigenvalue weighted by Gasteiger charge is -2.47. The predicted molar refractivity (Wildman–Crippen MR) is 174 cm³/mol. The van der Waals surface area contributed by atoms with E-state index in [0.29, 0.717) is 16.7 Å². The summed E-state index contributed by atoms with van der Waals surface area (Å²) in [5, 5.41) is 20.3. The highest BCUT2D eigenvalue weighted by Gasteiger charge is 2.51. The second-order valence-corrected chi connectivity index (χ2v) is 11.3. The molecule has 0 radical (unpaired) electrons. The number of fused-ring (bicyclic) bond motifs is 3. The van der Waals surface area contributed by atoms with Gasteiger partial charge in [-0.15, -0.1) is 0 Å². The number of carbonyl (C=O) groups is 3. The van der Waals surface area contributed by atoms with Crippen molar-refractivity contribution in [1.82, 2.24) is 4.90 Å². The van der Waals surface area contributed by atoms with Crippen LogP contribution in [-0.2, 0) is 19.9 Å². The van der Waals surface area contributed by atoms with E-state index in [1.165, 1.54) is 4.90 Å². The molecule has 7 nitrogen and oxygen atoms in total. The van der Waals surface area contributed by atoms with E-state index < -0.39 is 36.0 Å². The van der Waals surface area contributed by atoms with Crippen LogP contribution >= 0.6 is 0 Å². The molecule has 1 aliphatic rings. The quantitative estimate of drug-likeness (QED) is 0.150. The molecule has 0 bridgehead atoms. The van der Waals surface area contributed by atoms with Gasteiger partial charge in [0.2, 0.25) is 0 Å². The summed E-state index contributed by atoms with van der Waals surface area (Å²) in [6.07, 6.45) is -1.65. The standard InChI is InChI=1S/C39H33NO6/c41-36(42)25-24-35(37(43)44)40(38(45)46-26-34-32-22-12-10-20-30(32)31-21-11-13-23-33(31)34)39(27-14-4-1-5-15-27,28-16-6-2-7-17-28)29-18-8-3-9-19-29/h1-23,34-35H,24-26H2,(H,41,42)(H,43,44). The molecular weight excluding hydrogens is 578 g/mol. The Balaban J connectivity index is 1.53. The minimum absolute atomic E-state index is 0.0386. The van der Waals surface area contributed by atoms with Crippen molar-refractivity contribution in [1.29, 1.82) is 0 Å². The van der Waals surface area contributed by atoms with E-state index in [1.807, 2.05) is 140 Å². The zero-order chi connectivity index (χ0) is 32.1. The van der Waals surface area contributed by atoms with Crippen molar-refractivity contribution < 1.29 is 29.3 Å². The van der Waals surface area contributed by atoms with Crippen LogP contribution in [0.15, 0.2) is 140 Å². The first-order valence-corrected chi connectivity index (χ1v) is 15.2. The minimum atomic E-state index is -1.55. The maximum absolute atomic E-state index is 14.8. The van der Waals surface area contributed by atoms with Crippen LogP contribution in [0.25, 0.3) is 11.1 Å². The molecule has 230 valence electrons. The molecule has 0 spiro atoms. The number of hydrogen-bond donors (Lipinski definition) is 2. The Morgan fingerprint density at radius 2 is 1.04 bits per heavy atom. The summed E-state index contributed by atoms with van der Waals surface area (Å²) in [6.45, 7) is -0.0386.